The van der Waals surface area contributed by atoms with E-state index in [0.717, 1.165) is 13.1 Å². The van der Waals surface area contributed by atoms with Crippen LogP contribution in [0.25, 0.3) is 0 Å². The molecule has 1 heterocycles. The normalized spacial score (nSPS) is 11.9. The highest BCUT2D eigenvalue weighted by molar-refractivity contribution is 5.51. The van der Waals surface area contributed by atoms with Gasteiger partial charge in [-0.25, -0.2) is 0 Å². The summed E-state index contributed by atoms with van der Waals surface area (Å²) in [4.78, 5) is 6.54. The highest BCUT2D eigenvalue weighted by atomic mass is 15.1. The van der Waals surface area contributed by atoms with Gasteiger partial charge in [0.2, 0.25) is 0 Å². The van der Waals surface area contributed by atoms with E-state index in [9.17, 15) is 0 Å². The number of nitrogens with zero attached hydrogens (tertiary/aromatic N) is 2. The Hall–Kier alpha value is -1.09. The summed E-state index contributed by atoms with van der Waals surface area (Å²) in [6, 6.07) is 2.10. The first-order chi connectivity index (χ1) is 8.29. The van der Waals surface area contributed by atoms with Crippen molar-refractivity contribution < 1.29 is 0 Å². The summed E-state index contributed by atoms with van der Waals surface area (Å²) in [6.07, 6.45) is 3.83. The van der Waals surface area contributed by atoms with Crippen LogP contribution in [-0.2, 0) is 6.54 Å². The van der Waals surface area contributed by atoms with Crippen LogP contribution in [0.15, 0.2) is 18.5 Å². The van der Waals surface area contributed by atoms with Gasteiger partial charge in [0.25, 0.3) is 0 Å². The molecule has 0 spiro atoms. The molecule has 0 unspecified atom stereocenters. The van der Waals surface area contributed by atoms with Crippen LogP contribution < -0.4 is 10.2 Å². The van der Waals surface area contributed by atoms with Crippen LogP contribution in [0.4, 0.5) is 5.69 Å². The molecule has 18 heavy (non-hydrogen) atoms. The molecule has 0 radical (unpaired) electrons. The number of hydrogen-bond acceptors (Lipinski definition) is 3. The molecule has 1 aromatic heterocycles. The summed E-state index contributed by atoms with van der Waals surface area (Å²) < 4.78 is 0. The quantitative estimate of drug-likeness (QED) is 0.869. The third-order valence-electron chi connectivity index (χ3n) is 2.75. The SMILES string of the molecule is CC(C)CN(C)c1cnccc1CNC(C)(C)C. The van der Waals surface area contributed by atoms with E-state index in [4.69, 9.17) is 0 Å². The highest BCUT2D eigenvalue weighted by Crippen LogP contribution is 2.19. The minimum Gasteiger partial charge on any atom is -0.373 e. The molecule has 1 rings (SSSR count). The van der Waals surface area contributed by atoms with Crippen molar-refractivity contribution in [3.63, 3.8) is 0 Å². The lowest BCUT2D eigenvalue weighted by molar-refractivity contribution is 0.424. The predicted octanol–water partition coefficient (Wildman–Crippen LogP) is 3.06. The average molecular weight is 249 g/mol. The fourth-order valence-corrected chi connectivity index (χ4v) is 1.91. The predicted molar refractivity (Wildman–Crippen MR) is 78.9 cm³/mol. The third-order valence-corrected chi connectivity index (χ3v) is 2.75. The van der Waals surface area contributed by atoms with Crippen molar-refractivity contribution in [3.05, 3.63) is 24.0 Å². The van der Waals surface area contributed by atoms with Crippen molar-refractivity contribution in [1.29, 1.82) is 0 Å². The van der Waals surface area contributed by atoms with Crippen LogP contribution in [0, 0.1) is 5.92 Å². The van der Waals surface area contributed by atoms with E-state index in [2.05, 4.69) is 62.9 Å². The average Bonchev–Trinajstić information content (AvgIpc) is 2.25. The van der Waals surface area contributed by atoms with E-state index in [1.807, 2.05) is 12.4 Å². The summed E-state index contributed by atoms with van der Waals surface area (Å²) >= 11 is 0. The molecule has 0 aliphatic heterocycles. The molecule has 0 saturated carbocycles. The van der Waals surface area contributed by atoms with E-state index in [1.54, 1.807) is 0 Å². The van der Waals surface area contributed by atoms with Gasteiger partial charge in [-0.05, 0) is 38.3 Å². The standard InChI is InChI=1S/C15H27N3/c1-12(2)11-18(6)14-10-16-8-7-13(14)9-17-15(3,4)5/h7-8,10,12,17H,9,11H2,1-6H3. The van der Waals surface area contributed by atoms with Gasteiger partial charge in [-0.15, -0.1) is 0 Å². The van der Waals surface area contributed by atoms with Gasteiger partial charge in [-0.2, -0.15) is 0 Å². The van der Waals surface area contributed by atoms with Crippen molar-refractivity contribution in [1.82, 2.24) is 10.3 Å². The Bertz CT molecular complexity index is 366. The van der Waals surface area contributed by atoms with Crippen molar-refractivity contribution in [2.24, 2.45) is 5.92 Å². The molecular formula is C15H27N3. The van der Waals surface area contributed by atoms with E-state index < -0.39 is 0 Å². The highest BCUT2D eigenvalue weighted by Gasteiger charge is 2.12. The molecule has 0 aromatic carbocycles. The first-order valence-corrected chi connectivity index (χ1v) is 6.68. The lowest BCUT2D eigenvalue weighted by Crippen LogP contribution is -2.35. The molecule has 0 aliphatic rings. The van der Waals surface area contributed by atoms with Crippen molar-refractivity contribution >= 4 is 5.69 Å². The van der Waals surface area contributed by atoms with Gasteiger partial charge >= 0.3 is 0 Å². The molecule has 0 saturated heterocycles. The number of anilines is 1. The van der Waals surface area contributed by atoms with Crippen molar-refractivity contribution in [2.45, 2.75) is 46.7 Å². The van der Waals surface area contributed by atoms with Gasteiger partial charge < -0.3 is 10.2 Å². The van der Waals surface area contributed by atoms with Gasteiger partial charge in [0.15, 0.2) is 0 Å². The van der Waals surface area contributed by atoms with Gasteiger partial charge in [-0.1, -0.05) is 13.8 Å². The first-order valence-electron chi connectivity index (χ1n) is 6.68. The van der Waals surface area contributed by atoms with Crippen LogP contribution >= 0.6 is 0 Å². The van der Waals surface area contributed by atoms with Crippen molar-refractivity contribution in [3.8, 4) is 0 Å². The van der Waals surface area contributed by atoms with E-state index in [-0.39, 0.29) is 5.54 Å². The maximum Gasteiger partial charge on any atom is 0.0595 e. The maximum atomic E-state index is 4.25. The number of rotatable bonds is 5. The molecule has 0 bridgehead atoms. The Kier molecular flexibility index (Phi) is 5.15. The summed E-state index contributed by atoms with van der Waals surface area (Å²) in [7, 11) is 2.14. The second kappa shape index (κ2) is 6.19. The summed E-state index contributed by atoms with van der Waals surface area (Å²) in [5.74, 6) is 0.652. The third kappa shape index (κ3) is 5.05. The molecule has 102 valence electrons. The smallest absolute Gasteiger partial charge is 0.0595 e. The Morgan fingerprint density at radius 3 is 2.56 bits per heavy atom. The number of pyridine rings is 1. The zero-order chi connectivity index (χ0) is 13.8. The van der Waals surface area contributed by atoms with Crippen LogP contribution in [-0.4, -0.2) is 24.1 Å². The van der Waals surface area contributed by atoms with Crippen LogP contribution in [0.5, 0.6) is 0 Å². The van der Waals surface area contributed by atoms with Gasteiger partial charge in [0.1, 0.15) is 0 Å². The topological polar surface area (TPSA) is 28.2 Å². The lowest BCUT2D eigenvalue weighted by atomic mass is 10.1. The fourth-order valence-electron chi connectivity index (χ4n) is 1.91. The van der Waals surface area contributed by atoms with Crippen LogP contribution in [0.1, 0.15) is 40.2 Å². The largest absolute Gasteiger partial charge is 0.373 e. The molecule has 0 atom stereocenters. The zero-order valence-corrected chi connectivity index (χ0v) is 12.6. The lowest BCUT2D eigenvalue weighted by Gasteiger charge is -2.26. The molecule has 0 amide bonds. The molecule has 3 heteroatoms. The number of hydrogen-bond donors (Lipinski definition) is 1. The van der Waals surface area contributed by atoms with E-state index in [0.29, 0.717) is 5.92 Å². The van der Waals surface area contributed by atoms with Crippen molar-refractivity contribution in [2.75, 3.05) is 18.5 Å². The monoisotopic (exact) mass is 249 g/mol. The Balaban J connectivity index is 2.79. The summed E-state index contributed by atoms with van der Waals surface area (Å²) in [5, 5.41) is 3.53. The molecule has 1 N–H and O–H groups in total. The van der Waals surface area contributed by atoms with E-state index in [1.165, 1.54) is 11.3 Å². The molecule has 0 fully saturated rings. The minimum atomic E-state index is 0.136. The second-order valence-corrected chi connectivity index (χ2v) is 6.38. The van der Waals surface area contributed by atoms with E-state index >= 15 is 0 Å². The Morgan fingerprint density at radius 1 is 1.33 bits per heavy atom. The number of aromatic nitrogens is 1. The van der Waals surface area contributed by atoms with Crippen LogP contribution in [0.3, 0.4) is 0 Å². The first kappa shape index (κ1) is 15.0. The second-order valence-electron chi connectivity index (χ2n) is 6.38. The molecule has 3 nitrogen and oxygen atoms in total. The number of nitrogens with one attached hydrogen (secondary N) is 1. The van der Waals surface area contributed by atoms with Gasteiger partial charge in [-0.3, -0.25) is 4.98 Å². The molecular weight excluding hydrogens is 222 g/mol. The van der Waals surface area contributed by atoms with Crippen LogP contribution in [0.2, 0.25) is 0 Å². The molecule has 0 aliphatic carbocycles. The van der Waals surface area contributed by atoms with Gasteiger partial charge in [0.05, 0.1) is 11.9 Å². The summed E-state index contributed by atoms with van der Waals surface area (Å²) in [5.41, 5.74) is 2.67. The van der Waals surface area contributed by atoms with Gasteiger partial charge in [0, 0.05) is 31.9 Å². The Morgan fingerprint density at radius 2 is 2.00 bits per heavy atom. The maximum absolute atomic E-state index is 4.25. The fraction of sp³-hybridized carbons (Fsp3) is 0.667. The zero-order valence-electron chi connectivity index (χ0n) is 12.6. The Labute approximate surface area is 112 Å². The molecule has 1 aromatic rings. The summed E-state index contributed by atoms with van der Waals surface area (Å²) in [6.45, 7) is 13.0. The minimum absolute atomic E-state index is 0.136.